The average molecular weight is 439 g/mol. The highest BCUT2D eigenvalue weighted by Gasteiger charge is 2.50. The number of carbonyl (C=O) groups is 2. The predicted molar refractivity (Wildman–Crippen MR) is 130 cm³/mol. The molecule has 1 aromatic rings. The number of hydrogen-bond donors (Lipinski definition) is 1. The van der Waals surface area contributed by atoms with E-state index >= 15 is 0 Å². The topological polar surface area (TPSA) is 63.6 Å². The van der Waals surface area contributed by atoms with Gasteiger partial charge in [0.05, 0.1) is 12.5 Å². The van der Waals surface area contributed by atoms with Gasteiger partial charge < -0.3 is 9.84 Å². The van der Waals surface area contributed by atoms with Gasteiger partial charge in [0.15, 0.2) is 11.6 Å². The smallest absolute Gasteiger partial charge is 0.193 e. The van der Waals surface area contributed by atoms with Gasteiger partial charge in [-0.05, 0) is 37.3 Å². The van der Waals surface area contributed by atoms with E-state index in [1.807, 2.05) is 30.3 Å². The van der Waals surface area contributed by atoms with Crippen molar-refractivity contribution in [2.24, 2.45) is 5.41 Å². The van der Waals surface area contributed by atoms with Crippen LogP contribution in [0.2, 0.25) is 0 Å². The average Bonchev–Trinajstić information content (AvgIpc) is 2.81. The molecule has 0 amide bonds. The van der Waals surface area contributed by atoms with Crippen LogP contribution in [0.5, 0.6) is 0 Å². The van der Waals surface area contributed by atoms with Gasteiger partial charge in [0, 0.05) is 5.57 Å². The maximum absolute atomic E-state index is 13.9. The molecule has 0 bridgehead atoms. The number of ether oxygens (including phenoxy) is 1. The highest BCUT2D eigenvalue weighted by molar-refractivity contribution is 6.28. The second kappa shape index (κ2) is 12.4. The van der Waals surface area contributed by atoms with Gasteiger partial charge in [0.1, 0.15) is 17.1 Å². The SMILES string of the molecule is CCCCC1=C(OC)C(CCCC)(CCCC)C(=O)C(C(=O)/C=C/c2ccccc2)=C1O. The van der Waals surface area contributed by atoms with E-state index in [1.165, 1.54) is 6.08 Å². The molecule has 174 valence electrons. The summed E-state index contributed by atoms with van der Waals surface area (Å²) in [6.07, 6.45) is 10.3. The number of hydrogen-bond acceptors (Lipinski definition) is 4. The van der Waals surface area contributed by atoms with Gasteiger partial charge in [-0.15, -0.1) is 0 Å². The van der Waals surface area contributed by atoms with Gasteiger partial charge in [-0.1, -0.05) is 89.3 Å². The number of Topliss-reactive ketones (excluding diaryl/α,β-unsaturated/α-hetero) is 1. The van der Waals surface area contributed by atoms with E-state index < -0.39 is 11.2 Å². The van der Waals surface area contributed by atoms with E-state index in [0.717, 1.165) is 44.1 Å². The summed E-state index contributed by atoms with van der Waals surface area (Å²) in [6, 6.07) is 9.48. The van der Waals surface area contributed by atoms with E-state index in [0.29, 0.717) is 30.6 Å². The van der Waals surface area contributed by atoms with Crippen molar-refractivity contribution in [2.45, 2.75) is 78.6 Å². The summed E-state index contributed by atoms with van der Waals surface area (Å²) in [6.45, 7) is 6.27. The van der Waals surface area contributed by atoms with Crippen LogP contribution in [0.1, 0.15) is 84.1 Å². The van der Waals surface area contributed by atoms with Crippen molar-refractivity contribution in [1.29, 1.82) is 0 Å². The highest BCUT2D eigenvalue weighted by Crippen LogP contribution is 2.49. The molecule has 32 heavy (non-hydrogen) atoms. The number of aliphatic hydroxyl groups is 1. The van der Waals surface area contributed by atoms with Crippen molar-refractivity contribution in [2.75, 3.05) is 7.11 Å². The Hall–Kier alpha value is -2.62. The van der Waals surface area contributed by atoms with Crippen LogP contribution >= 0.6 is 0 Å². The molecule has 1 N–H and O–H groups in total. The zero-order valence-corrected chi connectivity index (χ0v) is 20.1. The summed E-state index contributed by atoms with van der Waals surface area (Å²) in [5.41, 5.74) is 0.516. The number of allylic oxidation sites excluding steroid dienone is 4. The summed E-state index contributed by atoms with van der Waals surface area (Å²) in [5.74, 6) is -0.375. The first-order valence-corrected chi connectivity index (χ1v) is 12.0. The van der Waals surface area contributed by atoms with E-state index in [4.69, 9.17) is 4.74 Å². The predicted octanol–water partition coefficient (Wildman–Crippen LogP) is 7.12. The molecular formula is C28H38O4. The molecular weight excluding hydrogens is 400 g/mol. The van der Waals surface area contributed by atoms with Gasteiger partial charge in [-0.25, -0.2) is 0 Å². The molecule has 2 rings (SSSR count). The fraction of sp³-hybridized carbons (Fsp3) is 0.500. The molecule has 0 saturated carbocycles. The lowest BCUT2D eigenvalue weighted by atomic mass is 9.65. The Morgan fingerprint density at radius 1 is 1.00 bits per heavy atom. The molecule has 1 aliphatic rings. The van der Waals surface area contributed by atoms with Gasteiger partial charge >= 0.3 is 0 Å². The Morgan fingerprint density at radius 2 is 1.59 bits per heavy atom. The quantitative estimate of drug-likeness (QED) is 0.263. The monoisotopic (exact) mass is 438 g/mol. The molecule has 4 nitrogen and oxygen atoms in total. The third-order valence-corrected chi connectivity index (χ3v) is 6.26. The minimum absolute atomic E-state index is 0.0868. The van der Waals surface area contributed by atoms with Crippen molar-refractivity contribution < 1.29 is 19.4 Å². The van der Waals surface area contributed by atoms with Crippen LogP contribution in [0.3, 0.4) is 0 Å². The molecule has 0 aromatic heterocycles. The second-order valence-electron chi connectivity index (χ2n) is 8.57. The molecule has 0 heterocycles. The molecule has 0 aliphatic heterocycles. The first-order valence-electron chi connectivity index (χ1n) is 12.0. The summed E-state index contributed by atoms with van der Waals surface area (Å²) in [5, 5.41) is 11.1. The second-order valence-corrected chi connectivity index (χ2v) is 8.57. The molecule has 1 aromatic carbocycles. The van der Waals surface area contributed by atoms with Gasteiger partial charge in [-0.2, -0.15) is 0 Å². The number of carbonyl (C=O) groups excluding carboxylic acids is 2. The lowest BCUT2D eigenvalue weighted by Gasteiger charge is -2.39. The third kappa shape index (κ3) is 5.59. The van der Waals surface area contributed by atoms with Gasteiger partial charge in [0.25, 0.3) is 0 Å². The van der Waals surface area contributed by atoms with Crippen molar-refractivity contribution in [3.63, 3.8) is 0 Å². The minimum Gasteiger partial charge on any atom is -0.507 e. The first kappa shape index (κ1) is 25.6. The van der Waals surface area contributed by atoms with E-state index in [9.17, 15) is 14.7 Å². The Labute approximate surface area is 193 Å². The van der Waals surface area contributed by atoms with E-state index in [1.54, 1.807) is 13.2 Å². The molecule has 0 radical (unpaired) electrons. The molecule has 0 unspecified atom stereocenters. The maximum atomic E-state index is 13.9. The fourth-order valence-corrected chi connectivity index (χ4v) is 4.49. The zero-order valence-electron chi connectivity index (χ0n) is 20.1. The Bertz CT molecular complexity index is 866. The lowest BCUT2D eigenvalue weighted by Crippen LogP contribution is -2.41. The van der Waals surface area contributed by atoms with Crippen LogP contribution in [-0.4, -0.2) is 23.8 Å². The van der Waals surface area contributed by atoms with Crippen LogP contribution in [0.4, 0.5) is 0 Å². The normalized spacial score (nSPS) is 16.2. The van der Waals surface area contributed by atoms with Crippen LogP contribution < -0.4 is 0 Å². The Morgan fingerprint density at radius 3 is 2.12 bits per heavy atom. The Kier molecular flexibility index (Phi) is 9.96. The van der Waals surface area contributed by atoms with Crippen LogP contribution in [-0.2, 0) is 14.3 Å². The number of rotatable bonds is 13. The van der Waals surface area contributed by atoms with Crippen molar-refractivity contribution in [3.05, 3.63) is 64.6 Å². The van der Waals surface area contributed by atoms with Crippen LogP contribution in [0.25, 0.3) is 6.08 Å². The summed E-state index contributed by atoms with van der Waals surface area (Å²) < 4.78 is 5.84. The molecule has 0 fully saturated rings. The van der Waals surface area contributed by atoms with Crippen LogP contribution in [0.15, 0.2) is 59.1 Å². The molecule has 0 atom stereocenters. The summed E-state index contributed by atoms with van der Waals surface area (Å²) in [7, 11) is 1.58. The first-order chi connectivity index (χ1) is 15.5. The molecule has 1 aliphatic carbocycles. The fourth-order valence-electron chi connectivity index (χ4n) is 4.49. The largest absolute Gasteiger partial charge is 0.507 e. The number of ketones is 2. The zero-order chi connectivity index (χ0) is 23.6. The van der Waals surface area contributed by atoms with E-state index in [2.05, 4.69) is 20.8 Å². The number of aliphatic hydroxyl groups excluding tert-OH is 1. The molecule has 4 heteroatoms. The van der Waals surface area contributed by atoms with Crippen molar-refractivity contribution >= 4 is 17.6 Å². The third-order valence-electron chi connectivity index (χ3n) is 6.26. The highest BCUT2D eigenvalue weighted by atomic mass is 16.5. The number of unbranched alkanes of at least 4 members (excludes halogenated alkanes) is 3. The molecule has 0 saturated heterocycles. The van der Waals surface area contributed by atoms with Crippen LogP contribution in [0, 0.1) is 5.41 Å². The maximum Gasteiger partial charge on any atom is 0.193 e. The summed E-state index contributed by atoms with van der Waals surface area (Å²) >= 11 is 0. The lowest BCUT2D eigenvalue weighted by molar-refractivity contribution is -0.128. The van der Waals surface area contributed by atoms with Gasteiger partial charge in [-0.3, -0.25) is 9.59 Å². The standard InChI is InChI=1S/C28H38O4/c1-5-8-16-22-25(30)24(23(29)18-17-21-14-12-11-13-15-21)26(31)28(19-9-6-2,20-10-7-3)27(22)32-4/h11-15,17-18,30H,5-10,16,19-20H2,1-4H3/b18-17+. The van der Waals surface area contributed by atoms with Crippen molar-refractivity contribution in [1.82, 2.24) is 0 Å². The minimum atomic E-state index is -0.887. The van der Waals surface area contributed by atoms with E-state index in [-0.39, 0.29) is 17.1 Å². The van der Waals surface area contributed by atoms with Gasteiger partial charge in [0.2, 0.25) is 0 Å². The number of benzene rings is 1. The molecule has 0 spiro atoms. The number of methoxy groups -OCH3 is 1. The Balaban J connectivity index is 2.62. The summed E-state index contributed by atoms with van der Waals surface area (Å²) in [4.78, 5) is 27.2. The van der Waals surface area contributed by atoms with Crippen molar-refractivity contribution in [3.8, 4) is 0 Å².